The van der Waals surface area contributed by atoms with Gasteiger partial charge in [-0.25, -0.2) is 9.37 Å². The van der Waals surface area contributed by atoms with Gasteiger partial charge in [-0.1, -0.05) is 55.5 Å². The van der Waals surface area contributed by atoms with E-state index < -0.39 is 0 Å². The van der Waals surface area contributed by atoms with Crippen LogP contribution in [0.1, 0.15) is 58.0 Å². The molecule has 4 aromatic rings. The van der Waals surface area contributed by atoms with E-state index in [-0.39, 0.29) is 41.9 Å². The highest BCUT2D eigenvalue weighted by Crippen LogP contribution is 2.37. The Balaban J connectivity index is 1.29. The van der Waals surface area contributed by atoms with Gasteiger partial charge in [-0.2, -0.15) is 0 Å². The molecule has 1 aromatic heterocycles. The van der Waals surface area contributed by atoms with Gasteiger partial charge < -0.3 is 19.4 Å². The Morgan fingerprint density at radius 2 is 1.89 bits per heavy atom. The largest absolute Gasteiger partial charge is 0.484 e. The van der Waals surface area contributed by atoms with E-state index in [1.165, 1.54) is 18.4 Å². The topological polar surface area (TPSA) is 84.7 Å². The minimum absolute atomic E-state index is 0.0313. The third-order valence-corrected chi connectivity index (χ3v) is 6.60. The molecular formula is C30H28FN3O4. The summed E-state index contributed by atoms with van der Waals surface area (Å²) in [6.07, 6.45) is 2.42. The van der Waals surface area contributed by atoms with E-state index in [0.717, 1.165) is 28.7 Å². The summed E-state index contributed by atoms with van der Waals surface area (Å²) >= 11 is 0. The van der Waals surface area contributed by atoms with Crippen LogP contribution in [0.15, 0.2) is 83.5 Å². The number of halogens is 1. The third kappa shape index (κ3) is 5.59. The summed E-state index contributed by atoms with van der Waals surface area (Å²) in [5.74, 6) is 0.226. The highest BCUT2D eigenvalue weighted by Gasteiger charge is 2.31. The first kappa shape index (κ1) is 25.2. The van der Waals surface area contributed by atoms with E-state index in [0.29, 0.717) is 25.3 Å². The average molecular weight is 514 g/mol. The zero-order chi connectivity index (χ0) is 26.5. The van der Waals surface area contributed by atoms with Crippen molar-refractivity contribution in [1.82, 2.24) is 15.2 Å². The molecule has 0 aliphatic carbocycles. The van der Waals surface area contributed by atoms with Gasteiger partial charge in [0, 0.05) is 19.5 Å². The van der Waals surface area contributed by atoms with Crippen molar-refractivity contribution in [3.05, 3.63) is 119 Å². The molecule has 0 bridgehead atoms. The second-order valence-corrected chi connectivity index (χ2v) is 9.09. The number of amides is 2. The Morgan fingerprint density at radius 3 is 2.66 bits per heavy atom. The Morgan fingerprint density at radius 1 is 1.11 bits per heavy atom. The minimum atomic E-state index is -0.336. The normalized spacial score (nSPS) is 14.6. The Hall–Kier alpha value is -4.46. The summed E-state index contributed by atoms with van der Waals surface area (Å²) in [5.41, 5.74) is 4.05. The van der Waals surface area contributed by atoms with E-state index in [4.69, 9.17) is 9.15 Å². The summed E-state index contributed by atoms with van der Waals surface area (Å²) in [5, 5.41) is 2.82. The fourth-order valence-corrected chi connectivity index (χ4v) is 4.65. The van der Waals surface area contributed by atoms with Crippen LogP contribution in [0.25, 0.3) is 0 Å². The Bertz CT molecular complexity index is 1420. The number of ether oxygens (including phenoxy) is 1. The Labute approximate surface area is 220 Å². The molecule has 0 spiro atoms. The molecule has 0 saturated carbocycles. The smallest absolute Gasteiger partial charge is 0.273 e. The average Bonchev–Trinajstić information content (AvgIpc) is 3.44. The fraction of sp³-hybridized carbons (Fsp3) is 0.233. The first-order chi connectivity index (χ1) is 18.5. The third-order valence-electron chi connectivity index (χ3n) is 6.60. The first-order valence-corrected chi connectivity index (χ1v) is 12.6. The second kappa shape index (κ2) is 11.3. The number of carbonyl (C=O) groups is 2. The summed E-state index contributed by atoms with van der Waals surface area (Å²) in [6.45, 7) is 2.85. The fourth-order valence-electron chi connectivity index (χ4n) is 4.65. The number of hydrogen-bond donors (Lipinski definition) is 1. The number of hydrogen-bond acceptors (Lipinski definition) is 5. The zero-order valence-corrected chi connectivity index (χ0v) is 21.0. The van der Waals surface area contributed by atoms with Crippen LogP contribution in [0.2, 0.25) is 0 Å². The predicted molar refractivity (Wildman–Crippen MR) is 139 cm³/mol. The molecule has 1 N–H and O–H groups in total. The van der Waals surface area contributed by atoms with Gasteiger partial charge in [0.25, 0.3) is 5.91 Å². The Kier molecular flexibility index (Phi) is 7.49. The van der Waals surface area contributed by atoms with Crippen LogP contribution >= 0.6 is 0 Å². The number of rotatable bonds is 8. The maximum atomic E-state index is 13.6. The lowest BCUT2D eigenvalue weighted by Crippen LogP contribution is -2.40. The molecule has 2 amide bonds. The van der Waals surface area contributed by atoms with Gasteiger partial charge in [0.1, 0.15) is 17.8 Å². The van der Waals surface area contributed by atoms with Crippen molar-refractivity contribution in [2.24, 2.45) is 0 Å². The van der Waals surface area contributed by atoms with Crippen molar-refractivity contribution >= 4 is 11.8 Å². The van der Waals surface area contributed by atoms with E-state index in [1.807, 2.05) is 60.4 Å². The highest BCUT2D eigenvalue weighted by molar-refractivity contribution is 5.91. The molecule has 7 nitrogen and oxygen atoms in total. The van der Waals surface area contributed by atoms with Crippen molar-refractivity contribution in [3.63, 3.8) is 0 Å². The molecule has 1 atom stereocenters. The summed E-state index contributed by atoms with van der Waals surface area (Å²) < 4.78 is 25.0. The number of nitrogens with zero attached hydrogens (tertiary/aromatic N) is 2. The van der Waals surface area contributed by atoms with Gasteiger partial charge in [-0.05, 0) is 52.9 Å². The van der Waals surface area contributed by atoms with Gasteiger partial charge in [-0.3, -0.25) is 9.59 Å². The van der Waals surface area contributed by atoms with Crippen molar-refractivity contribution in [1.29, 1.82) is 0 Å². The molecule has 1 unspecified atom stereocenters. The van der Waals surface area contributed by atoms with Gasteiger partial charge in [0.05, 0.1) is 6.04 Å². The molecule has 0 saturated heterocycles. The van der Waals surface area contributed by atoms with E-state index in [2.05, 4.69) is 10.3 Å². The molecule has 5 rings (SSSR count). The van der Waals surface area contributed by atoms with Gasteiger partial charge in [-0.15, -0.1) is 0 Å². The number of benzene rings is 3. The SMILES string of the molecule is CCC(=O)N1CCc2ccc(OCc3nc(C(=O)NCc4ccccc4)co3)cc2C1c1ccc(F)cc1. The zero-order valence-electron chi connectivity index (χ0n) is 21.0. The lowest BCUT2D eigenvalue weighted by Gasteiger charge is -2.38. The number of oxazole rings is 1. The molecular weight excluding hydrogens is 485 g/mol. The standard InChI is InChI=1S/C30H28FN3O4/c1-2-28(35)34-15-14-21-10-13-24(16-25(21)29(34)22-8-11-23(31)12-9-22)37-19-27-33-26(18-38-27)30(36)32-17-20-6-4-3-5-7-20/h3-13,16,18,29H,2,14-15,17,19H2,1H3,(H,32,36). The van der Waals surface area contributed by atoms with E-state index in [1.54, 1.807) is 12.1 Å². The lowest BCUT2D eigenvalue weighted by atomic mass is 9.87. The summed E-state index contributed by atoms with van der Waals surface area (Å²) in [6, 6.07) is 21.3. The van der Waals surface area contributed by atoms with Gasteiger partial charge in [0.15, 0.2) is 12.3 Å². The number of carbonyl (C=O) groups excluding carboxylic acids is 2. The van der Waals surface area contributed by atoms with Gasteiger partial charge in [0.2, 0.25) is 11.8 Å². The predicted octanol–water partition coefficient (Wildman–Crippen LogP) is 5.21. The van der Waals surface area contributed by atoms with Crippen molar-refractivity contribution in [2.45, 2.75) is 39.0 Å². The summed E-state index contributed by atoms with van der Waals surface area (Å²) in [7, 11) is 0. The van der Waals surface area contributed by atoms with Crippen LogP contribution in [-0.2, 0) is 24.4 Å². The molecule has 8 heteroatoms. The molecule has 3 aromatic carbocycles. The monoisotopic (exact) mass is 513 g/mol. The summed E-state index contributed by atoms with van der Waals surface area (Å²) in [4.78, 5) is 31.3. The molecule has 1 aliphatic rings. The van der Waals surface area contributed by atoms with Crippen LogP contribution < -0.4 is 10.1 Å². The number of aromatic nitrogens is 1. The quantitative estimate of drug-likeness (QED) is 0.350. The second-order valence-electron chi connectivity index (χ2n) is 9.09. The van der Waals surface area contributed by atoms with Crippen LogP contribution in [0.5, 0.6) is 5.75 Å². The first-order valence-electron chi connectivity index (χ1n) is 12.6. The molecule has 0 radical (unpaired) electrons. The molecule has 194 valence electrons. The van der Waals surface area contributed by atoms with Crippen molar-refractivity contribution < 1.29 is 23.1 Å². The van der Waals surface area contributed by atoms with Gasteiger partial charge >= 0.3 is 0 Å². The molecule has 38 heavy (non-hydrogen) atoms. The maximum Gasteiger partial charge on any atom is 0.273 e. The molecule has 0 fully saturated rings. The van der Waals surface area contributed by atoms with Crippen LogP contribution in [0, 0.1) is 5.82 Å². The maximum absolute atomic E-state index is 13.6. The van der Waals surface area contributed by atoms with Crippen LogP contribution in [0.4, 0.5) is 4.39 Å². The lowest BCUT2D eigenvalue weighted by molar-refractivity contribution is -0.132. The van der Waals surface area contributed by atoms with Crippen LogP contribution in [0.3, 0.4) is 0 Å². The van der Waals surface area contributed by atoms with E-state index in [9.17, 15) is 14.0 Å². The molecule has 1 aliphatic heterocycles. The van der Waals surface area contributed by atoms with E-state index >= 15 is 0 Å². The van der Waals surface area contributed by atoms with Crippen LogP contribution in [-0.4, -0.2) is 28.2 Å². The van der Waals surface area contributed by atoms with Crippen molar-refractivity contribution in [2.75, 3.05) is 6.54 Å². The molecule has 2 heterocycles. The highest BCUT2D eigenvalue weighted by atomic mass is 19.1. The van der Waals surface area contributed by atoms with Crippen molar-refractivity contribution in [3.8, 4) is 5.75 Å². The minimum Gasteiger partial charge on any atom is -0.484 e. The number of nitrogens with one attached hydrogen (secondary N) is 1. The number of fused-ring (bicyclic) bond motifs is 1.